The molecular formula is C23H30N4O5S. The number of carbonyl (C=O) groups is 3. The van der Waals surface area contributed by atoms with Gasteiger partial charge in [0.2, 0.25) is 10.0 Å². The van der Waals surface area contributed by atoms with Gasteiger partial charge in [-0.25, -0.2) is 8.42 Å². The van der Waals surface area contributed by atoms with E-state index in [2.05, 4.69) is 16.2 Å². The quantitative estimate of drug-likeness (QED) is 0.479. The van der Waals surface area contributed by atoms with Gasteiger partial charge in [-0.1, -0.05) is 52.0 Å². The Balaban J connectivity index is 2.12. The van der Waals surface area contributed by atoms with Crippen molar-refractivity contribution in [3.63, 3.8) is 0 Å². The minimum atomic E-state index is -3.74. The lowest BCUT2D eigenvalue weighted by molar-refractivity contribution is -0.124. The second-order valence-corrected chi connectivity index (χ2v) is 9.56. The van der Waals surface area contributed by atoms with Gasteiger partial charge in [-0.15, -0.1) is 0 Å². The summed E-state index contributed by atoms with van der Waals surface area (Å²) in [7, 11) is -3.74. The molecule has 0 saturated carbocycles. The summed E-state index contributed by atoms with van der Waals surface area (Å²) in [5.74, 6) is -2.00. The molecule has 0 unspecified atom stereocenters. The van der Waals surface area contributed by atoms with Crippen molar-refractivity contribution in [2.24, 2.45) is 5.92 Å². The van der Waals surface area contributed by atoms with E-state index in [1.165, 1.54) is 28.6 Å². The van der Waals surface area contributed by atoms with Crippen molar-refractivity contribution in [2.75, 3.05) is 13.1 Å². The molecule has 33 heavy (non-hydrogen) atoms. The van der Waals surface area contributed by atoms with E-state index in [9.17, 15) is 22.8 Å². The molecule has 2 aromatic rings. The second-order valence-electron chi connectivity index (χ2n) is 7.62. The van der Waals surface area contributed by atoms with E-state index >= 15 is 0 Å². The predicted octanol–water partition coefficient (Wildman–Crippen LogP) is 1.93. The SMILES string of the molecule is CCN(CC)S(=O)(=O)c1cccc(C(=O)N[C@H](C(=O)NNC(=O)c2ccccc2)C(C)C)c1. The molecule has 1 atom stereocenters. The molecule has 0 aliphatic rings. The van der Waals surface area contributed by atoms with Crippen LogP contribution in [0.5, 0.6) is 0 Å². The van der Waals surface area contributed by atoms with Crippen LogP contribution in [0.1, 0.15) is 48.4 Å². The van der Waals surface area contributed by atoms with Crippen LogP contribution < -0.4 is 16.2 Å². The molecule has 0 aliphatic carbocycles. The number of amides is 3. The molecule has 178 valence electrons. The van der Waals surface area contributed by atoms with Gasteiger partial charge in [-0.2, -0.15) is 4.31 Å². The number of carbonyl (C=O) groups excluding carboxylic acids is 3. The van der Waals surface area contributed by atoms with Crippen LogP contribution in [0.15, 0.2) is 59.5 Å². The number of hydrazine groups is 1. The van der Waals surface area contributed by atoms with Crippen molar-refractivity contribution in [1.82, 2.24) is 20.5 Å². The summed E-state index contributed by atoms with van der Waals surface area (Å²) >= 11 is 0. The Bertz CT molecular complexity index is 1080. The van der Waals surface area contributed by atoms with E-state index in [0.29, 0.717) is 18.7 Å². The Morgan fingerprint density at radius 3 is 2.03 bits per heavy atom. The van der Waals surface area contributed by atoms with Crippen LogP contribution in [-0.2, 0) is 14.8 Å². The van der Waals surface area contributed by atoms with Crippen molar-refractivity contribution < 1.29 is 22.8 Å². The number of nitrogens with zero attached hydrogens (tertiary/aromatic N) is 1. The van der Waals surface area contributed by atoms with Crippen molar-refractivity contribution in [2.45, 2.75) is 38.6 Å². The van der Waals surface area contributed by atoms with Gasteiger partial charge in [-0.3, -0.25) is 25.2 Å². The van der Waals surface area contributed by atoms with Gasteiger partial charge in [0.1, 0.15) is 6.04 Å². The maximum absolute atomic E-state index is 12.8. The number of benzene rings is 2. The van der Waals surface area contributed by atoms with Crippen LogP contribution in [0.2, 0.25) is 0 Å². The molecule has 0 fully saturated rings. The molecule has 0 aromatic heterocycles. The molecule has 2 rings (SSSR count). The largest absolute Gasteiger partial charge is 0.340 e. The molecule has 0 saturated heterocycles. The summed E-state index contributed by atoms with van der Waals surface area (Å²) < 4.78 is 26.8. The van der Waals surface area contributed by atoms with Gasteiger partial charge in [0.25, 0.3) is 17.7 Å². The number of hydrogen-bond donors (Lipinski definition) is 3. The normalized spacial score (nSPS) is 12.3. The van der Waals surface area contributed by atoms with Crippen LogP contribution in [0, 0.1) is 5.92 Å². The summed E-state index contributed by atoms with van der Waals surface area (Å²) in [5.41, 5.74) is 5.13. The van der Waals surface area contributed by atoms with Crippen LogP contribution in [0.25, 0.3) is 0 Å². The molecule has 0 heterocycles. The third kappa shape index (κ3) is 6.62. The zero-order chi connectivity index (χ0) is 24.6. The molecule has 2 aromatic carbocycles. The van der Waals surface area contributed by atoms with E-state index in [-0.39, 0.29) is 16.4 Å². The number of rotatable bonds is 9. The van der Waals surface area contributed by atoms with Crippen molar-refractivity contribution in [3.8, 4) is 0 Å². The maximum Gasteiger partial charge on any atom is 0.269 e. The molecular weight excluding hydrogens is 444 g/mol. The highest BCUT2D eigenvalue weighted by atomic mass is 32.2. The predicted molar refractivity (Wildman–Crippen MR) is 125 cm³/mol. The number of nitrogens with one attached hydrogen (secondary N) is 3. The molecule has 0 aliphatic heterocycles. The highest BCUT2D eigenvalue weighted by Crippen LogP contribution is 2.17. The lowest BCUT2D eigenvalue weighted by atomic mass is 10.0. The molecule has 9 nitrogen and oxygen atoms in total. The average Bonchev–Trinajstić information content (AvgIpc) is 2.81. The monoisotopic (exact) mass is 474 g/mol. The molecule has 0 spiro atoms. The number of hydrogen-bond acceptors (Lipinski definition) is 5. The Morgan fingerprint density at radius 1 is 0.848 bits per heavy atom. The van der Waals surface area contributed by atoms with E-state index < -0.39 is 33.8 Å². The topological polar surface area (TPSA) is 125 Å². The van der Waals surface area contributed by atoms with Crippen molar-refractivity contribution >= 4 is 27.7 Å². The molecule has 10 heteroatoms. The highest BCUT2D eigenvalue weighted by Gasteiger charge is 2.27. The first kappa shape index (κ1) is 26.0. The second kappa shape index (κ2) is 11.6. The number of sulfonamides is 1. The van der Waals surface area contributed by atoms with Gasteiger partial charge in [0.15, 0.2) is 0 Å². The van der Waals surface area contributed by atoms with Crippen LogP contribution >= 0.6 is 0 Å². The fourth-order valence-corrected chi connectivity index (χ4v) is 4.63. The fourth-order valence-electron chi connectivity index (χ4n) is 3.13. The van der Waals surface area contributed by atoms with Gasteiger partial charge in [-0.05, 0) is 36.2 Å². The first-order valence-electron chi connectivity index (χ1n) is 10.7. The van der Waals surface area contributed by atoms with Crippen LogP contribution in [-0.4, -0.2) is 49.6 Å². The zero-order valence-electron chi connectivity index (χ0n) is 19.2. The van der Waals surface area contributed by atoms with E-state index in [4.69, 9.17) is 0 Å². The average molecular weight is 475 g/mol. The Labute approximate surface area is 194 Å². The Morgan fingerprint density at radius 2 is 1.45 bits per heavy atom. The van der Waals surface area contributed by atoms with Gasteiger partial charge in [0, 0.05) is 24.2 Å². The Kier molecular flexibility index (Phi) is 9.12. The fraction of sp³-hybridized carbons (Fsp3) is 0.348. The van der Waals surface area contributed by atoms with Crippen LogP contribution in [0.4, 0.5) is 0 Å². The third-order valence-corrected chi connectivity index (χ3v) is 7.06. The maximum atomic E-state index is 12.8. The minimum absolute atomic E-state index is 0.000442. The smallest absolute Gasteiger partial charge is 0.269 e. The van der Waals surface area contributed by atoms with Crippen molar-refractivity contribution in [3.05, 3.63) is 65.7 Å². The molecule has 3 N–H and O–H groups in total. The van der Waals surface area contributed by atoms with E-state index in [1.807, 2.05) is 0 Å². The third-order valence-electron chi connectivity index (χ3n) is 5.01. The van der Waals surface area contributed by atoms with Crippen LogP contribution in [0.3, 0.4) is 0 Å². The minimum Gasteiger partial charge on any atom is -0.340 e. The van der Waals surface area contributed by atoms with E-state index in [1.54, 1.807) is 58.0 Å². The zero-order valence-corrected chi connectivity index (χ0v) is 20.0. The summed E-state index contributed by atoms with van der Waals surface area (Å²) in [6.45, 7) is 7.56. The first-order valence-corrected chi connectivity index (χ1v) is 12.1. The summed E-state index contributed by atoms with van der Waals surface area (Å²) in [4.78, 5) is 37.6. The van der Waals surface area contributed by atoms with E-state index in [0.717, 1.165) is 0 Å². The van der Waals surface area contributed by atoms with Gasteiger partial charge < -0.3 is 5.32 Å². The molecule has 0 bridgehead atoms. The molecule has 3 amide bonds. The summed E-state index contributed by atoms with van der Waals surface area (Å²) in [6.07, 6.45) is 0. The summed E-state index contributed by atoms with van der Waals surface area (Å²) in [5, 5.41) is 2.62. The lowest BCUT2D eigenvalue weighted by Gasteiger charge is -2.22. The van der Waals surface area contributed by atoms with Gasteiger partial charge in [0.05, 0.1) is 4.90 Å². The first-order chi connectivity index (χ1) is 15.6. The standard InChI is InChI=1S/C23H30N4O5S/c1-5-27(6-2)33(31,32)19-14-10-13-18(15-19)21(28)24-20(16(3)4)23(30)26-25-22(29)17-11-8-7-9-12-17/h7-16,20H,5-6H2,1-4H3,(H,24,28)(H,25,29)(H,26,30)/t20-/m0/s1. The highest BCUT2D eigenvalue weighted by molar-refractivity contribution is 7.89. The van der Waals surface area contributed by atoms with Gasteiger partial charge >= 0.3 is 0 Å². The van der Waals surface area contributed by atoms with Crippen molar-refractivity contribution in [1.29, 1.82) is 0 Å². The molecule has 0 radical (unpaired) electrons. The lowest BCUT2D eigenvalue weighted by Crippen LogP contribution is -2.54. The summed E-state index contributed by atoms with van der Waals surface area (Å²) in [6, 6.07) is 13.1. The Hall–Kier alpha value is -3.24.